The summed E-state index contributed by atoms with van der Waals surface area (Å²) in [6.07, 6.45) is 4.29. The van der Waals surface area contributed by atoms with Crippen LogP contribution >= 0.6 is 34.8 Å². The molecule has 0 heterocycles. The first-order valence-corrected chi connectivity index (χ1v) is 5.83. The number of carbonyl (C=O) groups excluding carboxylic acids is 2. The zero-order valence-corrected chi connectivity index (χ0v) is 12.4. The number of hydrogen-bond acceptors (Lipinski definition) is 4. The van der Waals surface area contributed by atoms with Crippen LogP contribution in [0.25, 0.3) is 0 Å². The monoisotopic (exact) mass is 348 g/mol. The summed E-state index contributed by atoms with van der Waals surface area (Å²) in [5, 5.41) is 19.4. The zero-order chi connectivity index (χ0) is 13.2. The molecule has 0 aromatic rings. The molecule has 0 aromatic carbocycles. The minimum atomic E-state index is -2.28. The number of carboxylic acids is 2. The van der Waals surface area contributed by atoms with Gasteiger partial charge in [-0.15, -0.1) is 0 Å². The SMILES string of the molecule is CCCCCCC(=O)[O-].O=C([O-])C(Cl)(Cl)Cl.[Ni+2]. The van der Waals surface area contributed by atoms with Crippen molar-refractivity contribution in [2.75, 3.05) is 0 Å². The van der Waals surface area contributed by atoms with Gasteiger partial charge in [0.2, 0.25) is 3.79 Å². The van der Waals surface area contributed by atoms with Gasteiger partial charge in [-0.3, -0.25) is 0 Å². The van der Waals surface area contributed by atoms with E-state index in [1.165, 1.54) is 0 Å². The average molecular weight is 350 g/mol. The maximum atomic E-state index is 9.85. The van der Waals surface area contributed by atoms with Crippen molar-refractivity contribution in [1.29, 1.82) is 0 Å². The van der Waals surface area contributed by atoms with E-state index in [4.69, 9.17) is 34.8 Å². The number of carboxylic acid groups (broad SMARTS) is 2. The number of alkyl halides is 3. The van der Waals surface area contributed by atoms with Gasteiger partial charge < -0.3 is 19.8 Å². The van der Waals surface area contributed by atoms with Gasteiger partial charge in [0.05, 0.1) is 5.97 Å². The maximum absolute atomic E-state index is 9.85. The summed E-state index contributed by atoms with van der Waals surface area (Å²) >= 11 is 14.2. The van der Waals surface area contributed by atoms with Crippen LogP contribution in [-0.4, -0.2) is 15.7 Å². The van der Waals surface area contributed by atoms with Gasteiger partial charge in [0.25, 0.3) is 0 Å². The molecule has 0 aliphatic carbocycles. The van der Waals surface area contributed by atoms with E-state index in [1.807, 2.05) is 0 Å². The fraction of sp³-hybridized carbons (Fsp3) is 0.778. The Morgan fingerprint density at radius 2 is 1.47 bits per heavy atom. The van der Waals surface area contributed by atoms with Gasteiger partial charge in [-0.1, -0.05) is 61.0 Å². The van der Waals surface area contributed by atoms with Crippen molar-refractivity contribution in [3.05, 3.63) is 0 Å². The molecule has 0 saturated heterocycles. The van der Waals surface area contributed by atoms with Crippen molar-refractivity contribution in [3.8, 4) is 0 Å². The largest absolute Gasteiger partial charge is 2.00 e. The fourth-order valence-electron chi connectivity index (χ4n) is 0.696. The molecular weight excluding hydrogens is 337 g/mol. The number of rotatable bonds is 5. The van der Waals surface area contributed by atoms with Gasteiger partial charge in [0, 0.05) is 5.97 Å². The molecule has 0 atom stereocenters. The first kappa shape index (κ1) is 22.5. The fourth-order valence-corrected chi connectivity index (χ4v) is 0.696. The quantitative estimate of drug-likeness (QED) is 0.418. The molecule has 4 nitrogen and oxygen atoms in total. The molecule has 0 aromatic heterocycles. The van der Waals surface area contributed by atoms with Crippen LogP contribution < -0.4 is 10.2 Å². The maximum Gasteiger partial charge on any atom is 2.00 e. The normalized spacial score (nSPS) is 9.65. The molecule has 0 aliphatic heterocycles. The van der Waals surface area contributed by atoms with Gasteiger partial charge in [0.15, 0.2) is 0 Å². The first-order chi connectivity index (χ1) is 7.21. The molecule has 0 rings (SSSR count). The average Bonchev–Trinajstić information content (AvgIpc) is 2.11. The van der Waals surface area contributed by atoms with Gasteiger partial charge in [-0.05, 0) is 12.8 Å². The summed E-state index contributed by atoms with van der Waals surface area (Å²) in [6.45, 7) is 2.10. The van der Waals surface area contributed by atoms with Crippen molar-refractivity contribution in [2.24, 2.45) is 0 Å². The van der Waals surface area contributed by atoms with Crippen molar-refractivity contribution >= 4 is 46.7 Å². The molecule has 0 saturated carbocycles. The van der Waals surface area contributed by atoms with Crippen LogP contribution in [0.3, 0.4) is 0 Å². The van der Waals surface area contributed by atoms with Crippen LogP contribution in [0, 0.1) is 0 Å². The summed E-state index contributed by atoms with van der Waals surface area (Å²) in [6, 6.07) is 0. The standard InChI is InChI=1S/C7H14O2.C2HCl3O2.Ni/c1-2-3-4-5-6-7(8)9;3-2(4,5)1(6)7;/h2-6H2,1H3,(H,8,9);(H,6,7);/q;;+2/p-2. The van der Waals surface area contributed by atoms with Crippen molar-refractivity contribution in [2.45, 2.75) is 42.8 Å². The van der Waals surface area contributed by atoms with Gasteiger partial charge in [-0.25, -0.2) is 0 Å². The van der Waals surface area contributed by atoms with E-state index in [1.54, 1.807) is 0 Å². The topological polar surface area (TPSA) is 80.3 Å². The molecule has 0 fully saturated rings. The van der Waals surface area contributed by atoms with E-state index in [9.17, 15) is 19.8 Å². The number of hydrogen-bond donors (Lipinski definition) is 0. The van der Waals surface area contributed by atoms with E-state index in [0.717, 1.165) is 25.7 Å². The molecule has 8 heteroatoms. The van der Waals surface area contributed by atoms with E-state index in [2.05, 4.69) is 6.92 Å². The molecule has 0 aliphatic rings. The molecule has 0 N–H and O–H groups in total. The molecule has 0 unspecified atom stereocenters. The van der Waals surface area contributed by atoms with E-state index < -0.39 is 15.7 Å². The smallest absolute Gasteiger partial charge is 0.550 e. The second-order valence-electron chi connectivity index (χ2n) is 2.97. The van der Waals surface area contributed by atoms with Crippen molar-refractivity contribution in [3.63, 3.8) is 0 Å². The van der Waals surface area contributed by atoms with Crippen LogP contribution in [0.1, 0.15) is 39.0 Å². The van der Waals surface area contributed by atoms with E-state index in [-0.39, 0.29) is 22.9 Å². The summed E-state index contributed by atoms with van der Waals surface area (Å²) in [5.74, 6) is -2.64. The van der Waals surface area contributed by atoms with Crippen LogP contribution in [-0.2, 0) is 26.1 Å². The number of halogens is 3. The van der Waals surface area contributed by atoms with Gasteiger partial charge in [-0.2, -0.15) is 0 Å². The Kier molecular flexibility index (Phi) is 16.9. The summed E-state index contributed by atoms with van der Waals surface area (Å²) < 4.78 is -2.28. The van der Waals surface area contributed by atoms with Crippen LogP contribution in [0.4, 0.5) is 0 Å². The third-order valence-corrected chi connectivity index (χ3v) is 1.93. The molecule has 0 spiro atoms. The minimum absolute atomic E-state index is 0. The predicted molar refractivity (Wildman–Crippen MR) is 59.1 cm³/mol. The third-order valence-electron chi connectivity index (χ3n) is 1.47. The van der Waals surface area contributed by atoms with Crippen molar-refractivity contribution < 1.29 is 36.3 Å². The van der Waals surface area contributed by atoms with Crippen LogP contribution in [0.2, 0.25) is 0 Å². The van der Waals surface area contributed by atoms with Crippen LogP contribution in [0.15, 0.2) is 0 Å². The third kappa shape index (κ3) is 22.0. The van der Waals surface area contributed by atoms with Gasteiger partial charge in [0.1, 0.15) is 0 Å². The number of unbranched alkanes of at least 4 members (excludes halogenated alkanes) is 3. The summed E-state index contributed by atoms with van der Waals surface area (Å²) in [5.41, 5.74) is 0. The Balaban J connectivity index is -0.000000224. The second-order valence-corrected chi connectivity index (χ2v) is 5.25. The van der Waals surface area contributed by atoms with E-state index in [0.29, 0.717) is 0 Å². The Labute approximate surface area is 126 Å². The molecular formula is C9H13Cl3NiO4. The molecule has 0 radical (unpaired) electrons. The Hall–Kier alpha value is 0.304. The van der Waals surface area contributed by atoms with Crippen molar-refractivity contribution in [1.82, 2.24) is 0 Å². The summed E-state index contributed by atoms with van der Waals surface area (Å²) in [4.78, 5) is 19.4. The second kappa shape index (κ2) is 12.8. The predicted octanol–water partition coefficient (Wildman–Crippen LogP) is 0.811. The number of aliphatic carboxylic acids is 2. The molecule has 104 valence electrons. The summed E-state index contributed by atoms with van der Waals surface area (Å²) in [7, 11) is 0. The van der Waals surface area contributed by atoms with Crippen LogP contribution in [0.5, 0.6) is 0 Å². The Morgan fingerprint density at radius 1 is 1.06 bits per heavy atom. The minimum Gasteiger partial charge on any atom is -0.550 e. The van der Waals surface area contributed by atoms with Gasteiger partial charge >= 0.3 is 16.5 Å². The first-order valence-electron chi connectivity index (χ1n) is 4.69. The zero-order valence-electron chi connectivity index (χ0n) is 9.12. The number of carbonyl (C=O) groups is 2. The molecule has 0 bridgehead atoms. The molecule has 17 heavy (non-hydrogen) atoms. The van der Waals surface area contributed by atoms with E-state index >= 15 is 0 Å². The Morgan fingerprint density at radius 3 is 1.71 bits per heavy atom. The Bertz CT molecular complexity index is 219. The molecule has 0 amide bonds.